The highest BCUT2D eigenvalue weighted by Gasteiger charge is 2.64. The van der Waals surface area contributed by atoms with E-state index >= 15 is 0 Å². The van der Waals surface area contributed by atoms with Crippen LogP contribution in [0.3, 0.4) is 0 Å². The quantitative estimate of drug-likeness (QED) is 0.598. The van der Waals surface area contributed by atoms with Crippen LogP contribution >= 0.6 is 0 Å². The second-order valence-electron chi connectivity index (χ2n) is 9.62. The monoisotopic (exact) mass is 481 g/mol. The fraction of sp³-hybridized carbons (Fsp3) is 0.591. The largest absolute Gasteiger partial charge is 0.484 e. The van der Waals surface area contributed by atoms with Crippen molar-refractivity contribution >= 4 is 15.7 Å². The Balaban J connectivity index is 1.42. The fourth-order valence-electron chi connectivity index (χ4n) is 4.39. The van der Waals surface area contributed by atoms with Gasteiger partial charge in [-0.25, -0.2) is 17.2 Å². The summed E-state index contributed by atoms with van der Waals surface area (Å²) in [6, 6.07) is 3.72. The summed E-state index contributed by atoms with van der Waals surface area (Å²) in [4.78, 5) is 19.5. The van der Waals surface area contributed by atoms with Crippen LogP contribution in [0, 0.1) is 5.92 Å². The molecule has 1 aromatic heterocycles. The number of carbonyl (C=O) groups excluding carboxylic acids is 1. The van der Waals surface area contributed by atoms with Crippen molar-refractivity contribution in [3.63, 3.8) is 0 Å². The second kappa shape index (κ2) is 7.22. The molecule has 178 valence electrons. The van der Waals surface area contributed by atoms with Gasteiger partial charge in [0.05, 0.1) is 15.9 Å². The molecule has 1 amide bonds. The van der Waals surface area contributed by atoms with E-state index in [9.17, 15) is 22.0 Å². The SMILES string of the molecule is C[C@@H](Oc1ccc(S(C)(=O)=O)cc1C(=O)N1CC2CC2(c2noc(C3CC3)n2)C1)C(C)(F)F. The minimum Gasteiger partial charge on any atom is -0.484 e. The lowest BCUT2D eigenvalue weighted by atomic mass is 10.1. The number of likely N-dealkylation sites (tertiary alicyclic amines) is 1. The number of amides is 1. The van der Waals surface area contributed by atoms with Gasteiger partial charge in [0.15, 0.2) is 21.8 Å². The zero-order valence-corrected chi connectivity index (χ0v) is 19.4. The fourth-order valence-corrected chi connectivity index (χ4v) is 5.04. The first kappa shape index (κ1) is 22.2. The first-order valence-electron chi connectivity index (χ1n) is 10.9. The number of carbonyl (C=O) groups is 1. The van der Waals surface area contributed by atoms with Gasteiger partial charge >= 0.3 is 0 Å². The standard InChI is InChI=1S/C22H25F2N3O5S/c1-12(21(2,23)24)31-17-7-6-15(33(3,29)30)8-16(17)19(28)27-10-14-9-22(14,11-27)20-25-18(32-26-20)13-4-5-13/h6-8,12-14H,4-5,9-11H2,1-3H3/t12-,14?,22?/m1/s1. The van der Waals surface area contributed by atoms with Crippen LogP contribution in [0.25, 0.3) is 0 Å². The van der Waals surface area contributed by atoms with Crippen LogP contribution in [0.5, 0.6) is 5.75 Å². The van der Waals surface area contributed by atoms with Crippen LogP contribution in [0.1, 0.15) is 61.1 Å². The maximum atomic E-state index is 13.7. The van der Waals surface area contributed by atoms with Crippen molar-refractivity contribution in [3.8, 4) is 5.75 Å². The second-order valence-corrected chi connectivity index (χ2v) is 11.6. The van der Waals surface area contributed by atoms with Gasteiger partial charge in [-0.1, -0.05) is 5.16 Å². The smallest absolute Gasteiger partial charge is 0.281 e. The summed E-state index contributed by atoms with van der Waals surface area (Å²) < 4.78 is 62.4. The first-order chi connectivity index (χ1) is 15.4. The number of sulfone groups is 1. The van der Waals surface area contributed by atoms with E-state index in [1.54, 1.807) is 4.90 Å². The Morgan fingerprint density at radius 2 is 2.09 bits per heavy atom. The van der Waals surface area contributed by atoms with Gasteiger partial charge in [-0.05, 0) is 50.3 Å². The van der Waals surface area contributed by atoms with Crippen molar-refractivity contribution in [2.45, 2.75) is 61.4 Å². The molecular formula is C22H25F2N3O5S. The third-order valence-electron chi connectivity index (χ3n) is 6.87. The van der Waals surface area contributed by atoms with E-state index in [4.69, 9.17) is 9.26 Å². The van der Waals surface area contributed by atoms with Gasteiger partial charge < -0.3 is 14.2 Å². The molecule has 0 N–H and O–H groups in total. The minimum absolute atomic E-state index is 0.0581. The molecule has 2 saturated carbocycles. The number of aromatic nitrogens is 2. The number of halogens is 2. The van der Waals surface area contributed by atoms with Gasteiger partial charge in [0.25, 0.3) is 11.8 Å². The molecule has 0 spiro atoms. The molecule has 2 aromatic rings. The van der Waals surface area contributed by atoms with E-state index in [2.05, 4.69) is 10.1 Å². The average Bonchev–Trinajstić information content (AvgIpc) is 3.61. The molecule has 1 saturated heterocycles. The van der Waals surface area contributed by atoms with Gasteiger partial charge in [-0.15, -0.1) is 0 Å². The summed E-state index contributed by atoms with van der Waals surface area (Å²) in [7, 11) is -3.62. The summed E-state index contributed by atoms with van der Waals surface area (Å²) in [6.07, 6.45) is 2.43. The van der Waals surface area contributed by atoms with Crippen molar-refractivity contribution < 1.29 is 31.3 Å². The number of hydrogen-bond donors (Lipinski definition) is 0. The number of nitrogens with zero attached hydrogens (tertiary/aromatic N) is 3. The lowest BCUT2D eigenvalue weighted by molar-refractivity contribution is -0.0720. The van der Waals surface area contributed by atoms with E-state index in [1.165, 1.54) is 25.1 Å². The number of benzene rings is 1. The maximum Gasteiger partial charge on any atom is 0.281 e. The Morgan fingerprint density at radius 3 is 2.73 bits per heavy atom. The Kier molecular flexibility index (Phi) is 4.86. The summed E-state index contributed by atoms with van der Waals surface area (Å²) in [5, 5.41) is 4.16. The molecule has 33 heavy (non-hydrogen) atoms. The van der Waals surface area contributed by atoms with E-state index in [0.717, 1.165) is 32.4 Å². The first-order valence-corrected chi connectivity index (χ1v) is 12.8. The number of rotatable bonds is 7. The highest BCUT2D eigenvalue weighted by molar-refractivity contribution is 7.90. The van der Waals surface area contributed by atoms with E-state index in [1.807, 2.05) is 0 Å². The van der Waals surface area contributed by atoms with Crippen LogP contribution in [-0.2, 0) is 15.3 Å². The van der Waals surface area contributed by atoms with Crippen molar-refractivity contribution in [3.05, 3.63) is 35.5 Å². The van der Waals surface area contributed by atoms with Crippen LogP contribution in [0.15, 0.2) is 27.6 Å². The zero-order chi connectivity index (χ0) is 23.8. The Hall–Kier alpha value is -2.56. The van der Waals surface area contributed by atoms with Gasteiger partial charge in [0.1, 0.15) is 5.75 Å². The molecule has 2 heterocycles. The predicted octanol–water partition coefficient (Wildman–Crippen LogP) is 3.19. The topological polar surface area (TPSA) is 103 Å². The Labute approximate surface area is 190 Å². The number of hydrogen-bond acceptors (Lipinski definition) is 7. The Bertz CT molecular complexity index is 1220. The molecule has 3 aliphatic rings. The summed E-state index contributed by atoms with van der Waals surface area (Å²) in [5.74, 6) is -1.95. The number of alkyl halides is 2. The molecular weight excluding hydrogens is 456 g/mol. The Morgan fingerprint density at radius 1 is 1.36 bits per heavy atom. The molecule has 2 unspecified atom stereocenters. The summed E-state index contributed by atoms with van der Waals surface area (Å²) >= 11 is 0. The zero-order valence-electron chi connectivity index (χ0n) is 18.5. The highest BCUT2D eigenvalue weighted by atomic mass is 32.2. The molecule has 1 aromatic carbocycles. The van der Waals surface area contributed by atoms with Gasteiger partial charge in [0, 0.05) is 32.2 Å². The lowest BCUT2D eigenvalue weighted by Gasteiger charge is -2.25. The number of ether oxygens (including phenoxy) is 1. The summed E-state index contributed by atoms with van der Waals surface area (Å²) in [6.45, 7) is 2.71. The molecule has 5 rings (SSSR count). The molecule has 3 fully saturated rings. The van der Waals surface area contributed by atoms with Gasteiger partial charge in [-0.2, -0.15) is 4.98 Å². The number of fused-ring (bicyclic) bond motifs is 1. The molecule has 11 heteroatoms. The molecule has 0 radical (unpaired) electrons. The maximum absolute atomic E-state index is 13.7. The number of piperidine rings is 1. The van der Waals surface area contributed by atoms with E-state index in [0.29, 0.717) is 30.7 Å². The van der Waals surface area contributed by atoms with Crippen LogP contribution in [0.4, 0.5) is 8.78 Å². The van der Waals surface area contributed by atoms with Gasteiger partial charge in [0.2, 0.25) is 5.89 Å². The van der Waals surface area contributed by atoms with E-state index in [-0.39, 0.29) is 27.5 Å². The lowest BCUT2D eigenvalue weighted by Crippen LogP contribution is -2.35. The third kappa shape index (κ3) is 4.00. The highest BCUT2D eigenvalue weighted by Crippen LogP contribution is 2.58. The van der Waals surface area contributed by atoms with Crippen LogP contribution in [-0.4, -0.2) is 60.7 Å². The van der Waals surface area contributed by atoms with Crippen molar-refractivity contribution in [1.29, 1.82) is 0 Å². The predicted molar refractivity (Wildman–Crippen MR) is 112 cm³/mol. The van der Waals surface area contributed by atoms with Crippen LogP contribution < -0.4 is 4.74 Å². The molecule has 1 aliphatic heterocycles. The average molecular weight is 482 g/mol. The molecule has 2 aliphatic carbocycles. The third-order valence-corrected chi connectivity index (χ3v) is 7.98. The van der Waals surface area contributed by atoms with Gasteiger partial charge in [-0.3, -0.25) is 4.79 Å². The van der Waals surface area contributed by atoms with Crippen LogP contribution in [0.2, 0.25) is 0 Å². The normalized spacial score (nSPS) is 25.6. The molecule has 3 atom stereocenters. The van der Waals surface area contributed by atoms with E-state index < -0.39 is 27.8 Å². The van der Waals surface area contributed by atoms with Crippen molar-refractivity contribution in [2.75, 3.05) is 19.3 Å². The molecule has 0 bridgehead atoms. The molecule has 8 nitrogen and oxygen atoms in total. The minimum atomic E-state index is -3.62. The van der Waals surface area contributed by atoms with Crippen molar-refractivity contribution in [1.82, 2.24) is 15.0 Å². The summed E-state index contributed by atoms with van der Waals surface area (Å²) in [5.41, 5.74) is -0.428. The van der Waals surface area contributed by atoms with Crippen molar-refractivity contribution in [2.24, 2.45) is 5.92 Å².